The van der Waals surface area contributed by atoms with Gasteiger partial charge in [-0.05, 0) is 17.5 Å². The van der Waals surface area contributed by atoms with Gasteiger partial charge in [0.15, 0.2) is 0 Å². The molecule has 1 aromatic heterocycles. The van der Waals surface area contributed by atoms with Gasteiger partial charge in [-0.15, -0.1) is 0 Å². The third-order valence-electron chi connectivity index (χ3n) is 3.36. The van der Waals surface area contributed by atoms with Crippen molar-refractivity contribution in [3.63, 3.8) is 0 Å². The zero-order chi connectivity index (χ0) is 17.0. The van der Waals surface area contributed by atoms with E-state index in [9.17, 15) is 22.8 Å². The van der Waals surface area contributed by atoms with E-state index in [2.05, 4.69) is 5.32 Å². The molecule has 1 unspecified atom stereocenters. The average molecular weight is 324 g/mol. The Bertz CT molecular complexity index is 739. The molecule has 0 saturated heterocycles. The predicted molar refractivity (Wildman–Crippen MR) is 80.2 cm³/mol. The summed E-state index contributed by atoms with van der Waals surface area (Å²) in [7, 11) is 0. The first-order valence-electron chi connectivity index (χ1n) is 6.92. The second kappa shape index (κ2) is 6.68. The summed E-state index contributed by atoms with van der Waals surface area (Å²) in [6, 6.07) is 9.86. The Labute approximate surface area is 130 Å². The fourth-order valence-electron chi connectivity index (χ4n) is 2.12. The van der Waals surface area contributed by atoms with E-state index in [1.807, 2.05) is 42.2 Å². The van der Waals surface area contributed by atoms with E-state index in [4.69, 9.17) is 0 Å². The quantitative estimate of drug-likeness (QED) is 0.904. The number of rotatable bonds is 4. The van der Waals surface area contributed by atoms with Crippen LogP contribution in [0.25, 0.3) is 0 Å². The third kappa shape index (κ3) is 4.45. The number of nitrogens with one attached hydrogen (secondary N) is 2. The van der Waals surface area contributed by atoms with Crippen LogP contribution in [0.4, 0.5) is 18.9 Å². The smallest absolute Gasteiger partial charge is 0.327 e. The van der Waals surface area contributed by atoms with Crippen LogP contribution in [0, 0.1) is 0 Å². The molecule has 0 saturated carbocycles. The minimum atomic E-state index is -4.60. The molecule has 1 atom stereocenters. The number of carbonyl (C=O) groups excluding carboxylic acids is 1. The van der Waals surface area contributed by atoms with Crippen molar-refractivity contribution >= 4 is 11.6 Å². The fourth-order valence-corrected chi connectivity index (χ4v) is 2.12. The molecule has 4 nitrogen and oxygen atoms in total. The Hall–Kier alpha value is -2.57. The molecule has 2 rings (SSSR count). The lowest BCUT2D eigenvalue weighted by molar-refractivity contribution is -0.137. The molecule has 2 aromatic rings. The van der Waals surface area contributed by atoms with Crippen LogP contribution in [0.5, 0.6) is 0 Å². The van der Waals surface area contributed by atoms with Gasteiger partial charge in [0, 0.05) is 12.6 Å². The van der Waals surface area contributed by atoms with Gasteiger partial charge in [-0.3, -0.25) is 9.59 Å². The summed E-state index contributed by atoms with van der Waals surface area (Å²) < 4.78 is 37.9. The molecule has 122 valence electrons. The number of aromatic amines is 1. The van der Waals surface area contributed by atoms with Crippen molar-refractivity contribution in [3.05, 3.63) is 64.1 Å². The summed E-state index contributed by atoms with van der Waals surface area (Å²) in [5, 5.41) is 2.24. The second-order valence-electron chi connectivity index (χ2n) is 5.19. The number of pyridine rings is 1. The molecule has 0 radical (unpaired) electrons. The summed E-state index contributed by atoms with van der Waals surface area (Å²) in [5.74, 6) is -0.646. The highest BCUT2D eigenvalue weighted by Crippen LogP contribution is 2.29. The lowest BCUT2D eigenvalue weighted by Gasteiger charge is -2.12. The van der Waals surface area contributed by atoms with Crippen molar-refractivity contribution in [2.24, 2.45) is 0 Å². The van der Waals surface area contributed by atoms with Crippen LogP contribution in [-0.4, -0.2) is 10.9 Å². The predicted octanol–water partition coefficient (Wildman–Crippen LogP) is 3.53. The van der Waals surface area contributed by atoms with Crippen LogP contribution in [0.15, 0.2) is 47.4 Å². The minimum Gasteiger partial charge on any atom is -0.327 e. The Balaban J connectivity index is 2.10. The van der Waals surface area contributed by atoms with Crippen molar-refractivity contribution in [2.45, 2.75) is 25.4 Å². The molecule has 0 spiro atoms. The molecule has 1 aromatic carbocycles. The molecule has 0 fully saturated rings. The maximum atomic E-state index is 12.6. The number of benzene rings is 1. The van der Waals surface area contributed by atoms with E-state index in [1.165, 1.54) is 0 Å². The van der Waals surface area contributed by atoms with Gasteiger partial charge in [-0.1, -0.05) is 37.3 Å². The molecule has 0 aliphatic heterocycles. The number of alkyl halides is 3. The Morgan fingerprint density at radius 1 is 1.26 bits per heavy atom. The number of amides is 1. The van der Waals surface area contributed by atoms with Gasteiger partial charge in [0.2, 0.25) is 5.91 Å². The highest BCUT2D eigenvalue weighted by atomic mass is 19.4. The normalized spacial score (nSPS) is 12.7. The number of H-pyrrole nitrogens is 1. The maximum absolute atomic E-state index is 12.6. The van der Waals surface area contributed by atoms with Crippen molar-refractivity contribution in [1.29, 1.82) is 0 Å². The molecule has 1 amide bonds. The van der Waals surface area contributed by atoms with E-state index in [1.54, 1.807) is 0 Å². The molecule has 1 heterocycles. The molecular formula is C16H15F3N2O2. The van der Waals surface area contributed by atoms with Crippen LogP contribution < -0.4 is 10.9 Å². The lowest BCUT2D eigenvalue weighted by atomic mass is 9.97. The van der Waals surface area contributed by atoms with Gasteiger partial charge in [0.05, 0.1) is 5.56 Å². The van der Waals surface area contributed by atoms with Crippen LogP contribution in [0.3, 0.4) is 0 Å². The number of aromatic nitrogens is 1. The molecule has 0 aliphatic carbocycles. The van der Waals surface area contributed by atoms with Crippen molar-refractivity contribution in [1.82, 2.24) is 4.98 Å². The van der Waals surface area contributed by atoms with Crippen LogP contribution in [0.2, 0.25) is 0 Å². The Morgan fingerprint density at radius 3 is 2.52 bits per heavy atom. The Kier molecular flexibility index (Phi) is 4.88. The summed E-state index contributed by atoms with van der Waals surface area (Å²) in [6.45, 7) is 1.82. The van der Waals surface area contributed by atoms with Crippen molar-refractivity contribution in [3.8, 4) is 0 Å². The molecule has 2 N–H and O–H groups in total. The van der Waals surface area contributed by atoms with Gasteiger partial charge in [-0.2, -0.15) is 13.2 Å². The monoisotopic (exact) mass is 324 g/mol. The number of halogens is 3. The molecule has 7 heteroatoms. The average Bonchev–Trinajstić information content (AvgIpc) is 2.49. The van der Waals surface area contributed by atoms with Crippen molar-refractivity contribution < 1.29 is 18.0 Å². The number of carbonyl (C=O) groups is 1. The van der Waals surface area contributed by atoms with Crippen molar-refractivity contribution in [2.75, 3.05) is 5.32 Å². The van der Waals surface area contributed by atoms with Gasteiger partial charge in [0.25, 0.3) is 5.56 Å². The van der Waals surface area contributed by atoms with E-state index in [0.717, 1.165) is 5.56 Å². The highest BCUT2D eigenvalue weighted by molar-refractivity contribution is 5.91. The first-order valence-corrected chi connectivity index (χ1v) is 6.92. The molecular weight excluding hydrogens is 309 g/mol. The highest BCUT2D eigenvalue weighted by Gasteiger charge is 2.31. The van der Waals surface area contributed by atoms with Gasteiger partial charge >= 0.3 is 6.18 Å². The van der Waals surface area contributed by atoms with Gasteiger partial charge < -0.3 is 10.3 Å². The number of anilines is 1. The standard InChI is InChI=1S/C16H15F3N2O2/c1-10(11-5-3-2-4-6-11)7-14(22)21-13-8-12(16(17,18)19)9-20-15(13)23/h2-6,8-10H,7H2,1H3,(H,20,23)(H,21,22). The number of hydrogen-bond donors (Lipinski definition) is 2. The Morgan fingerprint density at radius 2 is 1.91 bits per heavy atom. The number of hydrogen-bond acceptors (Lipinski definition) is 2. The molecule has 0 aliphatic rings. The molecule has 23 heavy (non-hydrogen) atoms. The van der Waals surface area contributed by atoms with E-state index in [-0.39, 0.29) is 12.3 Å². The SMILES string of the molecule is CC(CC(=O)Nc1cc(C(F)(F)F)c[nH]c1=O)c1ccccc1. The second-order valence-corrected chi connectivity index (χ2v) is 5.19. The largest absolute Gasteiger partial charge is 0.417 e. The van der Waals surface area contributed by atoms with E-state index < -0.39 is 28.9 Å². The summed E-state index contributed by atoms with van der Waals surface area (Å²) in [6.07, 6.45) is -3.97. The van der Waals surface area contributed by atoms with Crippen LogP contribution in [-0.2, 0) is 11.0 Å². The first kappa shape index (κ1) is 16.8. The lowest BCUT2D eigenvalue weighted by Crippen LogP contribution is -2.22. The maximum Gasteiger partial charge on any atom is 0.417 e. The van der Waals surface area contributed by atoms with Crippen LogP contribution in [0.1, 0.15) is 30.4 Å². The topological polar surface area (TPSA) is 62.0 Å². The van der Waals surface area contributed by atoms with Gasteiger partial charge in [-0.25, -0.2) is 0 Å². The van der Waals surface area contributed by atoms with E-state index >= 15 is 0 Å². The third-order valence-corrected chi connectivity index (χ3v) is 3.36. The first-order chi connectivity index (χ1) is 10.8. The van der Waals surface area contributed by atoms with Gasteiger partial charge in [0.1, 0.15) is 5.69 Å². The summed E-state index contributed by atoms with van der Waals surface area (Å²) >= 11 is 0. The molecule has 0 bridgehead atoms. The van der Waals surface area contributed by atoms with Crippen LogP contribution >= 0.6 is 0 Å². The zero-order valence-electron chi connectivity index (χ0n) is 12.3. The summed E-state index contributed by atoms with van der Waals surface area (Å²) in [5.41, 5.74) is -1.28. The summed E-state index contributed by atoms with van der Waals surface area (Å²) in [4.78, 5) is 25.5. The fraction of sp³-hybridized carbons (Fsp3) is 0.250. The van der Waals surface area contributed by atoms with E-state index in [0.29, 0.717) is 12.3 Å². The minimum absolute atomic E-state index is 0.0553. The zero-order valence-corrected chi connectivity index (χ0v) is 12.3.